The van der Waals surface area contributed by atoms with Crippen LogP contribution in [0.3, 0.4) is 0 Å². The van der Waals surface area contributed by atoms with Crippen LogP contribution in [0.15, 0.2) is 34.9 Å². The SMILES string of the molecule is CNCc1ncc(-c2cccc(C)c2)o1. The van der Waals surface area contributed by atoms with Gasteiger partial charge < -0.3 is 9.73 Å². The Morgan fingerprint density at radius 2 is 2.27 bits per heavy atom. The Balaban J connectivity index is 2.29. The Hall–Kier alpha value is -1.61. The molecule has 0 unspecified atom stereocenters. The van der Waals surface area contributed by atoms with Gasteiger partial charge in [-0.2, -0.15) is 0 Å². The van der Waals surface area contributed by atoms with Crippen molar-refractivity contribution in [3.63, 3.8) is 0 Å². The van der Waals surface area contributed by atoms with Crippen LogP contribution >= 0.6 is 0 Å². The summed E-state index contributed by atoms with van der Waals surface area (Å²) < 4.78 is 5.59. The Bertz CT molecular complexity index is 448. The quantitative estimate of drug-likeness (QED) is 0.830. The molecule has 0 spiro atoms. The van der Waals surface area contributed by atoms with Gasteiger partial charge >= 0.3 is 0 Å². The lowest BCUT2D eigenvalue weighted by atomic mass is 10.1. The van der Waals surface area contributed by atoms with Gasteiger partial charge in [0.25, 0.3) is 0 Å². The van der Waals surface area contributed by atoms with Gasteiger partial charge in [-0.1, -0.05) is 23.8 Å². The maximum Gasteiger partial charge on any atom is 0.208 e. The van der Waals surface area contributed by atoms with E-state index in [4.69, 9.17) is 4.42 Å². The van der Waals surface area contributed by atoms with E-state index in [1.165, 1.54) is 5.56 Å². The van der Waals surface area contributed by atoms with E-state index in [0.717, 1.165) is 11.3 Å². The molecule has 1 N–H and O–H groups in total. The van der Waals surface area contributed by atoms with Gasteiger partial charge in [0.2, 0.25) is 5.89 Å². The number of hydrogen-bond acceptors (Lipinski definition) is 3. The molecule has 1 aromatic heterocycles. The zero-order valence-electron chi connectivity index (χ0n) is 8.95. The molecule has 0 atom stereocenters. The molecule has 0 aliphatic rings. The summed E-state index contributed by atoms with van der Waals surface area (Å²) in [7, 11) is 1.87. The van der Waals surface area contributed by atoms with E-state index in [9.17, 15) is 0 Å². The Kier molecular flexibility index (Phi) is 2.83. The zero-order chi connectivity index (χ0) is 10.7. The summed E-state index contributed by atoms with van der Waals surface area (Å²) in [5.41, 5.74) is 2.30. The molecule has 0 aliphatic carbocycles. The highest BCUT2D eigenvalue weighted by Crippen LogP contribution is 2.20. The second kappa shape index (κ2) is 4.28. The van der Waals surface area contributed by atoms with Crippen molar-refractivity contribution >= 4 is 0 Å². The molecule has 0 bridgehead atoms. The molecule has 1 aromatic carbocycles. The largest absolute Gasteiger partial charge is 0.439 e. The highest BCUT2D eigenvalue weighted by atomic mass is 16.4. The number of rotatable bonds is 3. The van der Waals surface area contributed by atoms with Crippen LogP contribution in [0.2, 0.25) is 0 Å². The Labute approximate surface area is 89.1 Å². The minimum absolute atomic E-state index is 0.659. The predicted molar refractivity (Wildman–Crippen MR) is 59.4 cm³/mol. The smallest absolute Gasteiger partial charge is 0.208 e. The van der Waals surface area contributed by atoms with Crippen molar-refractivity contribution < 1.29 is 4.42 Å². The number of hydrogen-bond donors (Lipinski definition) is 1. The average Bonchev–Trinajstić information content (AvgIpc) is 2.67. The van der Waals surface area contributed by atoms with Gasteiger partial charge in [-0.25, -0.2) is 4.98 Å². The van der Waals surface area contributed by atoms with E-state index in [1.807, 2.05) is 19.2 Å². The third-order valence-corrected chi connectivity index (χ3v) is 2.18. The van der Waals surface area contributed by atoms with E-state index in [0.29, 0.717) is 12.4 Å². The van der Waals surface area contributed by atoms with Crippen molar-refractivity contribution in [3.8, 4) is 11.3 Å². The van der Waals surface area contributed by atoms with Gasteiger partial charge in [0.1, 0.15) is 0 Å². The molecule has 0 saturated carbocycles. The summed E-state index contributed by atoms with van der Waals surface area (Å²) in [5, 5.41) is 3.00. The van der Waals surface area contributed by atoms with E-state index >= 15 is 0 Å². The minimum Gasteiger partial charge on any atom is -0.439 e. The van der Waals surface area contributed by atoms with Crippen molar-refractivity contribution in [1.82, 2.24) is 10.3 Å². The molecule has 0 saturated heterocycles. The van der Waals surface area contributed by atoms with Crippen molar-refractivity contribution in [2.45, 2.75) is 13.5 Å². The summed E-state index contributed by atoms with van der Waals surface area (Å²) in [6, 6.07) is 8.19. The summed E-state index contributed by atoms with van der Waals surface area (Å²) >= 11 is 0. The van der Waals surface area contributed by atoms with Crippen LogP contribution < -0.4 is 5.32 Å². The fraction of sp³-hybridized carbons (Fsp3) is 0.250. The van der Waals surface area contributed by atoms with Crippen molar-refractivity contribution in [1.29, 1.82) is 0 Å². The maximum absolute atomic E-state index is 5.59. The standard InChI is InChI=1S/C12H14N2O/c1-9-4-3-5-10(6-9)11-7-14-12(15-11)8-13-2/h3-7,13H,8H2,1-2H3. The van der Waals surface area contributed by atoms with Crippen LogP contribution in [0.4, 0.5) is 0 Å². The third-order valence-electron chi connectivity index (χ3n) is 2.18. The fourth-order valence-corrected chi connectivity index (χ4v) is 1.47. The molecule has 3 nitrogen and oxygen atoms in total. The lowest BCUT2D eigenvalue weighted by Gasteiger charge is -1.97. The number of benzene rings is 1. The van der Waals surface area contributed by atoms with Crippen LogP contribution in [-0.2, 0) is 6.54 Å². The van der Waals surface area contributed by atoms with Gasteiger partial charge in [0.15, 0.2) is 5.76 Å². The molecular formula is C12H14N2O. The monoisotopic (exact) mass is 202 g/mol. The molecule has 0 fully saturated rings. The first-order valence-electron chi connectivity index (χ1n) is 4.96. The summed E-state index contributed by atoms with van der Waals surface area (Å²) in [4.78, 5) is 4.18. The highest BCUT2D eigenvalue weighted by Gasteiger charge is 2.05. The van der Waals surface area contributed by atoms with E-state index in [2.05, 4.69) is 29.4 Å². The molecule has 1 heterocycles. The number of aromatic nitrogens is 1. The molecule has 0 amide bonds. The van der Waals surface area contributed by atoms with E-state index in [1.54, 1.807) is 6.20 Å². The molecule has 78 valence electrons. The maximum atomic E-state index is 5.59. The molecule has 3 heteroatoms. The molecule has 2 rings (SSSR count). The fourth-order valence-electron chi connectivity index (χ4n) is 1.47. The van der Waals surface area contributed by atoms with Crippen LogP contribution in [0.1, 0.15) is 11.5 Å². The van der Waals surface area contributed by atoms with Gasteiger partial charge in [-0.05, 0) is 20.0 Å². The minimum atomic E-state index is 0.659. The lowest BCUT2D eigenvalue weighted by Crippen LogP contribution is -2.04. The first kappa shape index (κ1) is 9.93. The second-order valence-electron chi connectivity index (χ2n) is 3.52. The average molecular weight is 202 g/mol. The molecule has 0 aliphatic heterocycles. The molecule has 15 heavy (non-hydrogen) atoms. The van der Waals surface area contributed by atoms with Crippen molar-refractivity contribution in [3.05, 3.63) is 41.9 Å². The lowest BCUT2D eigenvalue weighted by molar-refractivity contribution is 0.491. The number of nitrogens with zero attached hydrogens (tertiary/aromatic N) is 1. The first-order chi connectivity index (χ1) is 7.29. The van der Waals surface area contributed by atoms with Gasteiger partial charge in [0, 0.05) is 5.56 Å². The summed E-state index contributed by atoms with van der Waals surface area (Å²) in [6.07, 6.45) is 1.77. The van der Waals surface area contributed by atoms with Gasteiger partial charge in [-0.3, -0.25) is 0 Å². The van der Waals surface area contributed by atoms with Crippen LogP contribution in [0.25, 0.3) is 11.3 Å². The van der Waals surface area contributed by atoms with Crippen molar-refractivity contribution in [2.24, 2.45) is 0 Å². The zero-order valence-corrected chi connectivity index (χ0v) is 8.95. The predicted octanol–water partition coefficient (Wildman–Crippen LogP) is 2.37. The van der Waals surface area contributed by atoms with E-state index in [-0.39, 0.29) is 0 Å². The van der Waals surface area contributed by atoms with Crippen LogP contribution in [0, 0.1) is 6.92 Å². The second-order valence-corrected chi connectivity index (χ2v) is 3.52. The first-order valence-corrected chi connectivity index (χ1v) is 4.96. The van der Waals surface area contributed by atoms with Gasteiger partial charge in [-0.15, -0.1) is 0 Å². The van der Waals surface area contributed by atoms with Crippen LogP contribution in [-0.4, -0.2) is 12.0 Å². The van der Waals surface area contributed by atoms with Crippen LogP contribution in [0.5, 0.6) is 0 Å². The normalized spacial score (nSPS) is 10.5. The molecule has 0 radical (unpaired) electrons. The van der Waals surface area contributed by atoms with Crippen molar-refractivity contribution in [2.75, 3.05) is 7.05 Å². The molecule has 2 aromatic rings. The third kappa shape index (κ3) is 2.25. The van der Waals surface area contributed by atoms with E-state index < -0.39 is 0 Å². The number of aryl methyl sites for hydroxylation is 1. The number of oxazole rings is 1. The Morgan fingerprint density at radius 3 is 3.00 bits per heavy atom. The highest BCUT2D eigenvalue weighted by molar-refractivity contribution is 5.57. The molecular weight excluding hydrogens is 188 g/mol. The summed E-state index contributed by atoms with van der Waals surface area (Å²) in [5.74, 6) is 1.54. The topological polar surface area (TPSA) is 38.1 Å². The van der Waals surface area contributed by atoms with Gasteiger partial charge in [0.05, 0.1) is 12.7 Å². The summed E-state index contributed by atoms with van der Waals surface area (Å²) in [6.45, 7) is 2.72. The number of nitrogens with one attached hydrogen (secondary N) is 1. The Morgan fingerprint density at radius 1 is 1.40 bits per heavy atom.